The number of likely N-dealkylation sites (tertiary alicyclic amines) is 1. The van der Waals surface area contributed by atoms with E-state index in [1.807, 2.05) is 0 Å². The van der Waals surface area contributed by atoms with Crippen LogP contribution in [0.5, 0.6) is 0 Å². The van der Waals surface area contributed by atoms with E-state index in [1.165, 1.54) is 58.0 Å². The molecule has 0 bridgehead atoms. The SMILES string of the molecule is NCCCC1CCCCN1CC1CC1. The maximum Gasteiger partial charge on any atom is 0.00958 e. The molecule has 1 unspecified atom stereocenters. The zero-order chi connectivity index (χ0) is 9.80. The Morgan fingerprint density at radius 2 is 2.00 bits per heavy atom. The minimum absolute atomic E-state index is 0.868. The third-order valence-electron chi connectivity index (χ3n) is 3.68. The maximum atomic E-state index is 5.59. The molecule has 0 spiro atoms. The first-order chi connectivity index (χ1) is 6.90. The summed E-state index contributed by atoms with van der Waals surface area (Å²) in [5.74, 6) is 1.05. The molecule has 0 amide bonds. The second-order valence-electron chi connectivity index (χ2n) is 5.02. The van der Waals surface area contributed by atoms with E-state index in [1.54, 1.807) is 0 Å². The average molecular weight is 196 g/mol. The summed E-state index contributed by atoms with van der Waals surface area (Å²) in [6, 6.07) is 0.868. The predicted molar refractivity (Wildman–Crippen MR) is 60.2 cm³/mol. The lowest BCUT2D eigenvalue weighted by molar-refractivity contribution is 0.133. The van der Waals surface area contributed by atoms with Gasteiger partial charge >= 0.3 is 0 Å². The Bertz CT molecular complexity index is 166. The molecule has 2 rings (SSSR count). The van der Waals surface area contributed by atoms with Crippen molar-refractivity contribution in [1.29, 1.82) is 0 Å². The molecule has 1 saturated heterocycles. The fourth-order valence-electron chi connectivity index (χ4n) is 2.61. The largest absolute Gasteiger partial charge is 0.330 e. The smallest absolute Gasteiger partial charge is 0.00958 e. The second kappa shape index (κ2) is 5.13. The monoisotopic (exact) mass is 196 g/mol. The van der Waals surface area contributed by atoms with Crippen molar-refractivity contribution in [3.8, 4) is 0 Å². The normalized spacial score (nSPS) is 29.4. The fourth-order valence-corrected chi connectivity index (χ4v) is 2.61. The van der Waals surface area contributed by atoms with E-state index >= 15 is 0 Å². The number of hydrogen-bond acceptors (Lipinski definition) is 2. The van der Waals surface area contributed by atoms with Crippen LogP contribution in [0.1, 0.15) is 44.9 Å². The molecule has 2 fully saturated rings. The summed E-state index contributed by atoms with van der Waals surface area (Å²) in [5, 5.41) is 0. The molecule has 1 heterocycles. The van der Waals surface area contributed by atoms with Gasteiger partial charge in [-0.1, -0.05) is 6.42 Å². The first-order valence-electron chi connectivity index (χ1n) is 6.34. The van der Waals surface area contributed by atoms with E-state index in [-0.39, 0.29) is 0 Å². The molecule has 2 aliphatic rings. The van der Waals surface area contributed by atoms with E-state index in [0.29, 0.717) is 0 Å². The fraction of sp³-hybridized carbons (Fsp3) is 1.00. The molecule has 2 heteroatoms. The summed E-state index contributed by atoms with van der Waals surface area (Å²) in [6.07, 6.45) is 9.81. The van der Waals surface area contributed by atoms with Gasteiger partial charge in [-0.15, -0.1) is 0 Å². The lowest BCUT2D eigenvalue weighted by atomic mass is 9.97. The highest BCUT2D eigenvalue weighted by molar-refractivity contribution is 4.83. The first kappa shape index (κ1) is 10.4. The molecule has 1 aliphatic carbocycles. The van der Waals surface area contributed by atoms with Gasteiger partial charge in [-0.25, -0.2) is 0 Å². The summed E-state index contributed by atoms with van der Waals surface area (Å²) in [4.78, 5) is 2.75. The van der Waals surface area contributed by atoms with Crippen LogP contribution in [0.15, 0.2) is 0 Å². The van der Waals surface area contributed by atoms with Crippen LogP contribution >= 0.6 is 0 Å². The highest BCUT2D eigenvalue weighted by Crippen LogP contribution is 2.32. The number of nitrogens with zero attached hydrogens (tertiary/aromatic N) is 1. The third kappa shape index (κ3) is 2.96. The van der Waals surface area contributed by atoms with Gasteiger partial charge in [0.25, 0.3) is 0 Å². The molecule has 1 atom stereocenters. The molecule has 82 valence electrons. The number of piperidine rings is 1. The van der Waals surface area contributed by atoms with Gasteiger partial charge in [-0.2, -0.15) is 0 Å². The lowest BCUT2D eigenvalue weighted by Gasteiger charge is -2.36. The molecule has 2 N–H and O–H groups in total. The van der Waals surface area contributed by atoms with Gasteiger partial charge in [0, 0.05) is 12.6 Å². The van der Waals surface area contributed by atoms with Crippen LogP contribution in [-0.2, 0) is 0 Å². The minimum atomic E-state index is 0.868. The summed E-state index contributed by atoms with van der Waals surface area (Å²) in [7, 11) is 0. The Kier molecular flexibility index (Phi) is 3.82. The number of hydrogen-bond donors (Lipinski definition) is 1. The molecule has 1 aliphatic heterocycles. The molecule has 0 aromatic rings. The Balaban J connectivity index is 1.76. The van der Waals surface area contributed by atoms with Crippen molar-refractivity contribution in [2.75, 3.05) is 19.6 Å². The first-order valence-corrected chi connectivity index (χ1v) is 6.34. The van der Waals surface area contributed by atoms with Crippen LogP contribution < -0.4 is 5.73 Å². The van der Waals surface area contributed by atoms with Crippen molar-refractivity contribution >= 4 is 0 Å². The van der Waals surface area contributed by atoms with E-state index in [4.69, 9.17) is 5.73 Å². The molecular formula is C12H24N2. The molecule has 1 saturated carbocycles. The topological polar surface area (TPSA) is 29.3 Å². The van der Waals surface area contributed by atoms with Crippen molar-refractivity contribution in [2.45, 2.75) is 51.0 Å². The summed E-state index contributed by atoms with van der Waals surface area (Å²) in [5.41, 5.74) is 5.59. The quantitative estimate of drug-likeness (QED) is 0.728. The lowest BCUT2D eigenvalue weighted by Crippen LogP contribution is -2.40. The zero-order valence-corrected chi connectivity index (χ0v) is 9.25. The van der Waals surface area contributed by atoms with Crippen LogP contribution in [-0.4, -0.2) is 30.6 Å². The average Bonchev–Trinajstić information content (AvgIpc) is 3.01. The van der Waals surface area contributed by atoms with Crippen LogP contribution in [0, 0.1) is 5.92 Å². The van der Waals surface area contributed by atoms with Gasteiger partial charge in [0.2, 0.25) is 0 Å². The molecule has 0 aromatic carbocycles. The Hall–Kier alpha value is -0.0800. The van der Waals surface area contributed by atoms with E-state index in [9.17, 15) is 0 Å². The van der Waals surface area contributed by atoms with E-state index in [2.05, 4.69) is 4.90 Å². The van der Waals surface area contributed by atoms with Gasteiger partial charge in [-0.05, 0) is 57.5 Å². The van der Waals surface area contributed by atoms with Gasteiger partial charge in [0.05, 0.1) is 0 Å². The van der Waals surface area contributed by atoms with Crippen LogP contribution in [0.4, 0.5) is 0 Å². The van der Waals surface area contributed by atoms with Crippen molar-refractivity contribution in [1.82, 2.24) is 4.90 Å². The van der Waals surface area contributed by atoms with Crippen LogP contribution in [0.3, 0.4) is 0 Å². The maximum absolute atomic E-state index is 5.59. The van der Waals surface area contributed by atoms with Crippen molar-refractivity contribution in [3.05, 3.63) is 0 Å². The van der Waals surface area contributed by atoms with Gasteiger partial charge in [-0.3, -0.25) is 0 Å². The highest BCUT2D eigenvalue weighted by atomic mass is 15.2. The van der Waals surface area contributed by atoms with E-state index < -0.39 is 0 Å². The minimum Gasteiger partial charge on any atom is -0.330 e. The third-order valence-corrected chi connectivity index (χ3v) is 3.68. The van der Waals surface area contributed by atoms with Crippen molar-refractivity contribution in [2.24, 2.45) is 11.7 Å². The summed E-state index contributed by atoms with van der Waals surface area (Å²) >= 11 is 0. The van der Waals surface area contributed by atoms with E-state index in [0.717, 1.165) is 18.5 Å². The van der Waals surface area contributed by atoms with Gasteiger partial charge < -0.3 is 10.6 Å². The second-order valence-corrected chi connectivity index (χ2v) is 5.02. The van der Waals surface area contributed by atoms with Gasteiger partial charge in [0.15, 0.2) is 0 Å². The van der Waals surface area contributed by atoms with Crippen LogP contribution in [0.2, 0.25) is 0 Å². The predicted octanol–water partition coefficient (Wildman–Crippen LogP) is 1.99. The Labute approximate surface area is 87.8 Å². The summed E-state index contributed by atoms with van der Waals surface area (Å²) < 4.78 is 0. The Morgan fingerprint density at radius 1 is 1.14 bits per heavy atom. The summed E-state index contributed by atoms with van der Waals surface area (Å²) in [6.45, 7) is 3.61. The molecule has 0 aromatic heterocycles. The molecule has 14 heavy (non-hydrogen) atoms. The van der Waals surface area contributed by atoms with Gasteiger partial charge in [0.1, 0.15) is 0 Å². The van der Waals surface area contributed by atoms with Crippen molar-refractivity contribution in [3.63, 3.8) is 0 Å². The molecular weight excluding hydrogens is 172 g/mol. The zero-order valence-electron chi connectivity index (χ0n) is 9.25. The molecule has 0 radical (unpaired) electrons. The molecule has 2 nitrogen and oxygen atoms in total. The van der Waals surface area contributed by atoms with Crippen molar-refractivity contribution < 1.29 is 0 Å². The highest BCUT2D eigenvalue weighted by Gasteiger charge is 2.29. The standard InChI is InChI=1S/C12H24N2/c13-8-3-5-12-4-1-2-9-14(12)10-11-6-7-11/h11-12H,1-10,13H2. The number of rotatable bonds is 5. The van der Waals surface area contributed by atoms with Crippen LogP contribution in [0.25, 0.3) is 0 Å². The Morgan fingerprint density at radius 3 is 2.71 bits per heavy atom. The number of nitrogens with two attached hydrogens (primary N) is 1.